The lowest BCUT2D eigenvalue weighted by Gasteiger charge is -2.13. The Balaban J connectivity index is 2.09. The van der Waals surface area contributed by atoms with Gasteiger partial charge in [-0.1, -0.05) is 23.2 Å². The number of carbonyl (C=O) groups excluding carboxylic acids is 2. The highest BCUT2D eigenvalue weighted by Crippen LogP contribution is 2.28. The van der Waals surface area contributed by atoms with Crippen LogP contribution >= 0.6 is 23.2 Å². The molecule has 2 heterocycles. The molecule has 2 amide bonds. The van der Waals surface area contributed by atoms with Crippen LogP contribution in [0.3, 0.4) is 0 Å². The van der Waals surface area contributed by atoms with Gasteiger partial charge in [0.25, 0.3) is 18.2 Å². The molecule has 0 bridgehead atoms. The Morgan fingerprint density at radius 1 is 1.24 bits per heavy atom. The van der Waals surface area contributed by atoms with Crippen LogP contribution in [0.4, 0.5) is 14.5 Å². The minimum atomic E-state index is -2.93. The number of nitrogens with zero attached hydrogens (tertiary/aromatic N) is 3. The van der Waals surface area contributed by atoms with E-state index < -0.39 is 23.9 Å². The summed E-state index contributed by atoms with van der Waals surface area (Å²) in [6.07, 6.45) is -1.55. The Bertz CT molecular complexity index is 1120. The molecule has 2 aromatic heterocycles. The Labute approximate surface area is 173 Å². The number of primary amides is 1. The van der Waals surface area contributed by atoms with Gasteiger partial charge in [0.05, 0.1) is 16.3 Å². The van der Waals surface area contributed by atoms with E-state index in [2.05, 4.69) is 15.4 Å². The van der Waals surface area contributed by atoms with Crippen molar-refractivity contribution in [3.63, 3.8) is 0 Å². The van der Waals surface area contributed by atoms with E-state index in [4.69, 9.17) is 28.9 Å². The predicted molar refractivity (Wildman–Crippen MR) is 104 cm³/mol. The van der Waals surface area contributed by atoms with E-state index in [1.165, 1.54) is 24.4 Å². The van der Waals surface area contributed by atoms with E-state index in [1.54, 1.807) is 13.0 Å². The number of anilines is 1. The third kappa shape index (κ3) is 4.20. The van der Waals surface area contributed by atoms with Gasteiger partial charge in [-0.25, -0.2) is 18.4 Å². The summed E-state index contributed by atoms with van der Waals surface area (Å²) in [6, 6.07) is 6.74. The summed E-state index contributed by atoms with van der Waals surface area (Å²) in [7, 11) is 0. The molecule has 0 radical (unpaired) electrons. The van der Waals surface area contributed by atoms with Crippen molar-refractivity contribution in [2.75, 3.05) is 5.32 Å². The highest BCUT2D eigenvalue weighted by Gasteiger charge is 2.24. The van der Waals surface area contributed by atoms with Crippen LogP contribution in [0.5, 0.6) is 0 Å². The lowest BCUT2D eigenvalue weighted by atomic mass is 10.1. The zero-order valence-electron chi connectivity index (χ0n) is 14.8. The normalized spacial score (nSPS) is 11.0. The van der Waals surface area contributed by atoms with E-state index in [0.29, 0.717) is 5.56 Å². The molecule has 1 aromatic carbocycles. The van der Waals surface area contributed by atoms with Crippen molar-refractivity contribution in [2.45, 2.75) is 13.3 Å². The number of halogens is 4. The number of nitrogens with one attached hydrogen (secondary N) is 1. The number of aromatic nitrogens is 3. The maximum absolute atomic E-state index is 13.2. The highest BCUT2D eigenvalue weighted by atomic mass is 35.5. The summed E-state index contributed by atoms with van der Waals surface area (Å²) < 4.78 is 27.3. The maximum Gasteiger partial charge on any atom is 0.282 e. The highest BCUT2D eigenvalue weighted by molar-refractivity contribution is 6.32. The Morgan fingerprint density at radius 3 is 2.59 bits per heavy atom. The van der Waals surface area contributed by atoms with Gasteiger partial charge in [0, 0.05) is 11.2 Å². The van der Waals surface area contributed by atoms with Gasteiger partial charge in [-0.05, 0) is 42.8 Å². The lowest BCUT2D eigenvalue weighted by Crippen LogP contribution is -2.21. The molecule has 7 nitrogen and oxygen atoms in total. The number of hydrogen-bond donors (Lipinski definition) is 2. The fourth-order valence-corrected chi connectivity index (χ4v) is 3.12. The topological polar surface area (TPSA) is 103 Å². The minimum absolute atomic E-state index is 0.00540. The molecule has 0 fully saturated rings. The SMILES string of the molecule is Cc1cc(Cl)cc(C(N)=O)c1NC(=O)c1cc(C(F)F)nn1-c1ncccc1Cl. The fraction of sp³-hybridized carbons (Fsp3) is 0.111. The van der Waals surface area contributed by atoms with Gasteiger partial charge < -0.3 is 11.1 Å². The molecular formula is C18H13Cl2F2N5O2. The van der Waals surface area contributed by atoms with Gasteiger partial charge in [0.15, 0.2) is 5.82 Å². The number of amides is 2. The number of alkyl halides is 2. The smallest absolute Gasteiger partial charge is 0.282 e. The molecule has 0 aliphatic rings. The van der Waals surface area contributed by atoms with E-state index >= 15 is 0 Å². The monoisotopic (exact) mass is 439 g/mol. The summed E-state index contributed by atoms with van der Waals surface area (Å²) >= 11 is 12.0. The molecule has 0 unspecified atom stereocenters. The molecule has 0 aliphatic heterocycles. The third-order valence-corrected chi connectivity index (χ3v) is 4.44. The third-order valence-electron chi connectivity index (χ3n) is 3.93. The number of hydrogen-bond acceptors (Lipinski definition) is 4. The molecule has 0 atom stereocenters. The first-order chi connectivity index (χ1) is 13.7. The zero-order chi connectivity index (χ0) is 21.3. The van der Waals surface area contributed by atoms with Gasteiger partial charge in [-0.15, -0.1) is 0 Å². The molecule has 3 aromatic rings. The first-order valence-electron chi connectivity index (χ1n) is 8.09. The zero-order valence-corrected chi connectivity index (χ0v) is 16.3. The molecule has 150 valence electrons. The number of carbonyl (C=O) groups is 2. The molecule has 29 heavy (non-hydrogen) atoms. The Morgan fingerprint density at radius 2 is 1.97 bits per heavy atom. The number of nitrogens with two attached hydrogens (primary N) is 1. The average molecular weight is 440 g/mol. The molecule has 0 saturated carbocycles. The average Bonchev–Trinajstić information content (AvgIpc) is 3.09. The predicted octanol–water partition coefficient (Wildman–Crippen LogP) is 4.17. The summed E-state index contributed by atoms with van der Waals surface area (Å²) in [5, 5.41) is 6.61. The second-order valence-electron chi connectivity index (χ2n) is 5.94. The number of aryl methyl sites for hydroxylation is 1. The summed E-state index contributed by atoms with van der Waals surface area (Å²) in [4.78, 5) is 28.6. The van der Waals surface area contributed by atoms with E-state index in [9.17, 15) is 18.4 Å². The first-order valence-corrected chi connectivity index (χ1v) is 8.85. The van der Waals surface area contributed by atoms with Crippen LogP contribution in [0.2, 0.25) is 10.0 Å². The van der Waals surface area contributed by atoms with E-state index in [-0.39, 0.29) is 32.8 Å². The Kier molecular flexibility index (Phi) is 5.81. The van der Waals surface area contributed by atoms with Gasteiger partial charge in [0.2, 0.25) is 0 Å². The van der Waals surface area contributed by atoms with Crippen LogP contribution in [0, 0.1) is 6.92 Å². The van der Waals surface area contributed by atoms with Crippen molar-refractivity contribution < 1.29 is 18.4 Å². The molecule has 3 rings (SSSR count). The summed E-state index contributed by atoms with van der Waals surface area (Å²) in [6.45, 7) is 1.60. The van der Waals surface area contributed by atoms with Crippen LogP contribution in [0.1, 0.15) is 38.5 Å². The van der Waals surface area contributed by atoms with Crippen molar-refractivity contribution >= 4 is 40.7 Å². The van der Waals surface area contributed by atoms with Gasteiger partial charge in [-0.3, -0.25) is 9.59 Å². The van der Waals surface area contributed by atoms with Crippen molar-refractivity contribution in [3.8, 4) is 5.82 Å². The molecule has 0 spiro atoms. The van der Waals surface area contributed by atoms with Gasteiger partial charge >= 0.3 is 0 Å². The quantitative estimate of drug-likeness (QED) is 0.622. The number of benzene rings is 1. The van der Waals surface area contributed by atoms with Crippen molar-refractivity contribution in [1.82, 2.24) is 14.8 Å². The number of rotatable bonds is 5. The lowest BCUT2D eigenvalue weighted by molar-refractivity contribution is 0.100. The largest absolute Gasteiger partial charge is 0.366 e. The standard InChI is InChI=1S/C18H13Cl2F2N5O2/c1-8-5-9(19)6-10(16(23)28)14(8)25-18(29)13-7-12(15(21)22)26-27(13)17-11(20)3-2-4-24-17/h2-7,15H,1H3,(H2,23,28)(H,25,29). The van der Waals surface area contributed by atoms with Gasteiger partial charge in [0.1, 0.15) is 11.4 Å². The van der Waals surface area contributed by atoms with E-state index in [0.717, 1.165) is 10.7 Å². The summed E-state index contributed by atoms with van der Waals surface area (Å²) in [5.74, 6) is -1.64. The van der Waals surface area contributed by atoms with Crippen LogP contribution < -0.4 is 11.1 Å². The molecule has 11 heteroatoms. The second-order valence-corrected chi connectivity index (χ2v) is 6.78. The minimum Gasteiger partial charge on any atom is -0.366 e. The van der Waals surface area contributed by atoms with Crippen LogP contribution in [0.25, 0.3) is 5.82 Å². The maximum atomic E-state index is 13.2. The van der Waals surface area contributed by atoms with Crippen molar-refractivity contribution in [2.24, 2.45) is 5.73 Å². The van der Waals surface area contributed by atoms with Crippen LogP contribution in [0.15, 0.2) is 36.5 Å². The molecule has 0 saturated heterocycles. The second kappa shape index (κ2) is 8.14. The van der Waals surface area contributed by atoms with Crippen molar-refractivity contribution in [1.29, 1.82) is 0 Å². The van der Waals surface area contributed by atoms with Crippen LogP contribution in [-0.2, 0) is 0 Å². The first kappa shape index (κ1) is 20.7. The van der Waals surface area contributed by atoms with Crippen LogP contribution in [-0.4, -0.2) is 26.6 Å². The van der Waals surface area contributed by atoms with Crippen molar-refractivity contribution in [3.05, 3.63) is 69.1 Å². The molecule has 3 N–H and O–H groups in total. The fourth-order valence-electron chi connectivity index (χ4n) is 2.64. The molecular weight excluding hydrogens is 427 g/mol. The Hall–Kier alpha value is -3.04. The number of pyridine rings is 1. The van der Waals surface area contributed by atoms with E-state index in [1.807, 2.05) is 0 Å². The molecule has 0 aliphatic carbocycles. The van der Waals surface area contributed by atoms with Gasteiger partial charge in [-0.2, -0.15) is 5.10 Å². The summed E-state index contributed by atoms with van der Waals surface area (Å²) in [5.41, 5.74) is 4.99.